The summed E-state index contributed by atoms with van der Waals surface area (Å²) in [5, 5.41) is 3.35. The number of hydrogen-bond donors (Lipinski definition) is 2. The Kier molecular flexibility index (Phi) is 4.07. The van der Waals surface area contributed by atoms with Gasteiger partial charge in [-0.1, -0.05) is 0 Å². The van der Waals surface area contributed by atoms with Gasteiger partial charge in [0.15, 0.2) is 0 Å². The molecule has 4 heteroatoms. The predicted molar refractivity (Wildman–Crippen MR) is 51.8 cm³/mol. The van der Waals surface area contributed by atoms with Crippen molar-refractivity contribution in [2.45, 2.75) is 12.1 Å². The van der Waals surface area contributed by atoms with Crippen LogP contribution in [0.5, 0.6) is 0 Å². The Morgan fingerprint density at radius 2 is 2.09 bits per heavy atom. The number of nitrogens with one attached hydrogen (secondary N) is 1. The van der Waals surface area contributed by atoms with Crippen LogP contribution in [-0.2, 0) is 0 Å². The van der Waals surface area contributed by atoms with E-state index in [2.05, 4.69) is 10.2 Å². The van der Waals surface area contributed by atoms with E-state index in [-0.39, 0.29) is 0 Å². The van der Waals surface area contributed by atoms with Gasteiger partial charge in [0.1, 0.15) is 0 Å². The minimum Gasteiger partial charge on any atom is -0.330 e. The summed E-state index contributed by atoms with van der Waals surface area (Å²) in [5.41, 5.74) is 6.32. The van der Waals surface area contributed by atoms with Crippen molar-refractivity contribution in [1.82, 2.24) is 10.2 Å². The average Bonchev–Trinajstić information content (AvgIpc) is 2.07. The van der Waals surface area contributed by atoms with E-state index in [1.54, 1.807) is 0 Å². The van der Waals surface area contributed by atoms with Crippen molar-refractivity contribution in [2.75, 3.05) is 32.7 Å². The van der Waals surface area contributed by atoms with E-state index >= 15 is 0 Å². The molecule has 0 aromatic rings. The molecule has 0 amide bonds. The van der Waals surface area contributed by atoms with Gasteiger partial charge in [-0.25, -0.2) is 0 Å². The third-order valence-corrected chi connectivity index (χ3v) is 3.67. The van der Waals surface area contributed by atoms with E-state index in [0.717, 1.165) is 25.3 Å². The minimum atomic E-state index is 0.807. The number of piperazine rings is 1. The highest BCUT2D eigenvalue weighted by Gasteiger charge is 2.14. The zero-order valence-electron chi connectivity index (χ0n) is 7.34. The fourth-order valence-corrected chi connectivity index (χ4v) is 2.40. The molecular formula is C7H19N3Si. The summed E-state index contributed by atoms with van der Waals surface area (Å²) in [4.78, 5) is 2.57. The largest absolute Gasteiger partial charge is 0.330 e. The van der Waals surface area contributed by atoms with E-state index in [1.165, 1.54) is 29.8 Å². The first-order valence-electron chi connectivity index (χ1n) is 4.49. The molecule has 66 valence electrons. The zero-order chi connectivity index (χ0) is 8.10. The molecule has 0 spiro atoms. The van der Waals surface area contributed by atoms with Gasteiger partial charge >= 0.3 is 0 Å². The summed E-state index contributed by atoms with van der Waals surface area (Å²) in [6.45, 7) is 5.59. The van der Waals surface area contributed by atoms with Crippen LogP contribution in [0.1, 0.15) is 6.42 Å². The topological polar surface area (TPSA) is 41.3 Å². The van der Waals surface area contributed by atoms with Crippen LogP contribution in [0.25, 0.3) is 0 Å². The first kappa shape index (κ1) is 9.19. The molecule has 0 bridgehead atoms. The third kappa shape index (κ3) is 2.90. The van der Waals surface area contributed by atoms with Crippen molar-refractivity contribution in [3.63, 3.8) is 0 Å². The lowest BCUT2D eigenvalue weighted by atomic mass is 10.3. The quantitative estimate of drug-likeness (QED) is 0.482. The molecule has 3 nitrogen and oxygen atoms in total. The molecule has 1 rings (SSSR count). The van der Waals surface area contributed by atoms with Gasteiger partial charge in [0.2, 0.25) is 0 Å². The average molecular weight is 173 g/mol. The molecule has 1 atom stereocenters. The molecular weight excluding hydrogens is 154 g/mol. The number of nitrogens with zero attached hydrogens (tertiary/aromatic N) is 1. The Hall–Kier alpha value is 0.0969. The lowest BCUT2D eigenvalue weighted by Crippen LogP contribution is -2.49. The molecule has 0 aromatic heterocycles. The van der Waals surface area contributed by atoms with Crippen LogP contribution in [0.15, 0.2) is 0 Å². The van der Waals surface area contributed by atoms with Crippen LogP contribution in [0, 0.1) is 0 Å². The van der Waals surface area contributed by atoms with E-state index < -0.39 is 0 Å². The maximum absolute atomic E-state index is 5.52. The van der Waals surface area contributed by atoms with Crippen molar-refractivity contribution in [2.24, 2.45) is 5.73 Å². The van der Waals surface area contributed by atoms with Crippen molar-refractivity contribution in [3.05, 3.63) is 0 Å². The molecule has 1 aliphatic heterocycles. The lowest BCUT2D eigenvalue weighted by molar-refractivity contribution is 0.215. The second kappa shape index (κ2) is 4.87. The molecule has 0 radical (unpaired) electrons. The Morgan fingerprint density at radius 3 is 2.64 bits per heavy atom. The van der Waals surface area contributed by atoms with Crippen molar-refractivity contribution in [3.8, 4) is 0 Å². The zero-order valence-corrected chi connectivity index (χ0v) is 9.34. The fourth-order valence-electron chi connectivity index (χ4n) is 1.55. The molecule has 0 aliphatic carbocycles. The molecule has 0 saturated carbocycles. The van der Waals surface area contributed by atoms with Gasteiger partial charge in [0.25, 0.3) is 0 Å². The summed E-state index contributed by atoms with van der Waals surface area (Å²) in [6.07, 6.45) is 1.19. The summed E-state index contributed by atoms with van der Waals surface area (Å²) in [7, 11) is 1.26. The van der Waals surface area contributed by atoms with Gasteiger partial charge in [0, 0.05) is 36.4 Å². The Balaban J connectivity index is 2.21. The normalized spacial score (nSPS) is 23.7. The fraction of sp³-hybridized carbons (Fsp3) is 1.00. The van der Waals surface area contributed by atoms with Gasteiger partial charge < -0.3 is 16.0 Å². The number of nitrogens with two attached hydrogens (primary N) is 1. The molecule has 11 heavy (non-hydrogen) atoms. The van der Waals surface area contributed by atoms with Gasteiger partial charge in [-0.15, -0.1) is 0 Å². The highest BCUT2D eigenvalue weighted by molar-refractivity contribution is 6.11. The summed E-state index contributed by atoms with van der Waals surface area (Å²) in [6, 6.07) is 0. The lowest BCUT2D eigenvalue weighted by Gasteiger charge is -2.32. The van der Waals surface area contributed by atoms with Crippen molar-refractivity contribution >= 4 is 10.2 Å². The summed E-state index contributed by atoms with van der Waals surface area (Å²) in [5.74, 6) is 0. The van der Waals surface area contributed by atoms with E-state index in [1.807, 2.05) is 0 Å². The Bertz CT molecular complexity index is 104. The SMILES string of the molecule is NCCC([SiH3])N1CCNCC1. The second-order valence-corrected chi connectivity index (χ2v) is 4.55. The molecule has 3 N–H and O–H groups in total. The molecule has 1 unspecified atom stereocenters. The van der Waals surface area contributed by atoms with Crippen molar-refractivity contribution in [1.29, 1.82) is 0 Å². The van der Waals surface area contributed by atoms with Crippen LogP contribution in [0.4, 0.5) is 0 Å². The first-order valence-corrected chi connectivity index (χ1v) is 5.65. The molecule has 1 aliphatic rings. The molecule has 1 heterocycles. The van der Waals surface area contributed by atoms with E-state index in [9.17, 15) is 0 Å². The first-order chi connectivity index (χ1) is 5.34. The molecule has 0 aromatic carbocycles. The standard InChI is InChI=1S/C7H19N3Si/c8-2-1-7(11)10-5-3-9-4-6-10/h7,9H,1-6,8H2,11H3. The van der Waals surface area contributed by atoms with E-state index in [0.29, 0.717) is 0 Å². The van der Waals surface area contributed by atoms with Crippen molar-refractivity contribution < 1.29 is 0 Å². The number of rotatable bonds is 3. The highest BCUT2D eigenvalue weighted by atomic mass is 28.1. The van der Waals surface area contributed by atoms with Crippen LogP contribution in [0.3, 0.4) is 0 Å². The maximum Gasteiger partial charge on any atom is 0.0245 e. The van der Waals surface area contributed by atoms with Crippen LogP contribution >= 0.6 is 0 Å². The van der Waals surface area contributed by atoms with Crippen LogP contribution < -0.4 is 11.1 Å². The summed E-state index contributed by atoms with van der Waals surface area (Å²) >= 11 is 0. The summed E-state index contributed by atoms with van der Waals surface area (Å²) < 4.78 is 0. The third-order valence-electron chi connectivity index (χ3n) is 2.36. The van der Waals surface area contributed by atoms with Gasteiger partial charge in [-0.2, -0.15) is 0 Å². The van der Waals surface area contributed by atoms with Gasteiger partial charge in [-0.05, 0) is 18.6 Å². The van der Waals surface area contributed by atoms with Gasteiger partial charge in [0.05, 0.1) is 0 Å². The van der Waals surface area contributed by atoms with Crippen LogP contribution in [0.2, 0.25) is 0 Å². The molecule has 1 fully saturated rings. The predicted octanol–water partition coefficient (Wildman–Crippen LogP) is -2.07. The Morgan fingerprint density at radius 1 is 1.45 bits per heavy atom. The van der Waals surface area contributed by atoms with Crippen LogP contribution in [-0.4, -0.2) is 53.5 Å². The van der Waals surface area contributed by atoms with Gasteiger partial charge in [-0.3, -0.25) is 0 Å². The van der Waals surface area contributed by atoms with E-state index in [4.69, 9.17) is 5.73 Å². The number of hydrogen-bond acceptors (Lipinski definition) is 3. The smallest absolute Gasteiger partial charge is 0.0245 e. The Labute approximate surface area is 71.7 Å². The highest BCUT2D eigenvalue weighted by Crippen LogP contribution is 2.00. The monoisotopic (exact) mass is 173 g/mol. The molecule has 1 saturated heterocycles. The second-order valence-electron chi connectivity index (χ2n) is 3.21. The minimum absolute atomic E-state index is 0.807. The maximum atomic E-state index is 5.52.